The van der Waals surface area contributed by atoms with Crippen LogP contribution < -0.4 is 5.73 Å². The van der Waals surface area contributed by atoms with Crippen molar-refractivity contribution in [1.82, 2.24) is 8.61 Å². The second kappa shape index (κ2) is 9.21. The fraction of sp³-hybridized carbons (Fsp3) is 1.00. The molecule has 1 aliphatic rings. The summed E-state index contributed by atoms with van der Waals surface area (Å²) >= 11 is 0. The van der Waals surface area contributed by atoms with E-state index in [9.17, 15) is 8.42 Å². The first-order valence-corrected chi connectivity index (χ1v) is 10.1. The molecule has 1 aliphatic heterocycles. The van der Waals surface area contributed by atoms with Crippen LogP contribution in [0, 0.1) is 17.8 Å². The Morgan fingerprint density at radius 1 is 1.05 bits per heavy atom. The van der Waals surface area contributed by atoms with Gasteiger partial charge in [-0.05, 0) is 50.0 Å². The van der Waals surface area contributed by atoms with E-state index in [0.717, 1.165) is 25.7 Å². The van der Waals surface area contributed by atoms with Crippen molar-refractivity contribution < 1.29 is 8.42 Å². The summed E-state index contributed by atoms with van der Waals surface area (Å²) in [5.74, 6) is 1.51. The molecule has 0 atom stereocenters. The quantitative estimate of drug-likeness (QED) is 0.704. The summed E-state index contributed by atoms with van der Waals surface area (Å²) in [5.41, 5.74) is 5.70. The highest BCUT2D eigenvalue weighted by atomic mass is 32.2. The molecule has 0 spiro atoms. The molecule has 0 aromatic heterocycles. The van der Waals surface area contributed by atoms with E-state index in [2.05, 4.69) is 27.7 Å². The minimum atomic E-state index is -3.32. The zero-order valence-electron chi connectivity index (χ0n) is 14.8. The van der Waals surface area contributed by atoms with E-state index < -0.39 is 10.2 Å². The maximum Gasteiger partial charge on any atom is 0.281 e. The van der Waals surface area contributed by atoms with Crippen molar-refractivity contribution in [1.29, 1.82) is 0 Å². The predicted octanol–water partition coefficient (Wildman–Crippen LogP) is 2.30. The van der Waals surface area contributed by atoms with Gasteiger partial charge in [-0.2, -0.15) is 17.0 Å². The van der Waals surface area contributed by atoms with Gasteiger partial charge in [0.05, 0.1) is 0 Å². The first-order chi connectivity index (χ1) is 10.3. The van der Waals surface area contributed by atoms with Gasteiger partial charge < -0.3 is 5.73 Å². The first kappa shape index (κ1) is 19.9. The van der Waals surface area contributed by atoms with Crippen molar-refractivity contribution in [3.8, 4) is 0 Å². The van der Waals surface area contributed by atoms with Crippen LogP contribution in [-0.4, -0.2) is 49.8 Å². The van der Waals surface area contributed by atoms with Crippen LogP contribution in [-0.2, 0) is 10.2 Å². The molecule has 1 heterocycles. The normalized spacial score (nSPS) is 18.7. The number of nitrogens with two attached hydrogens (primary N) is 1. The van der Waals surface area contributed by atoms with Crippen molar-refractivity contribution in [2.24, 2.45) is 23.5 Å². The number of hydrogen-bond donors (Lipinski definition) is 1. The third-order valence-corrected chi connectivity index (χ3v) is 6.51. The van der Waals surface area contributed by atoms with Gasteiger partial charge >= 0.3 is 0 Å². The molecule has 5 nitrogen and oxygen atoms in total. The number of rotatable bonds is 9. The molecular formula is C16H35N3O2S. The Bertz CT molecular complexity index is 390. The molecule has 22 heavy (non-hydrogen) atoms. The van der Waals surface area contributed by atoms with Crippen molar-refractivity contribution in [2.45, 2.75) is 53.4 Å². The molecule has 0 aliphatic carbocycles. The molecule has 2 N–H and O–H groups in total. The lowest BCUT2D eigenvalue weighted by atomic mass is 9.99. The highest BCUT2D eigenvalue weighted by molar-refractivity contribution is 7.86. The van der Waals surface area contributed by atoms with Crippen LogP contribution in [0.2, 0.25) is 0 Å². The van der Waals surface area contributed by atoms with Gasteiger partial charge in [0.2, 0.25) is 0 Å². The Morgan fingerprint density at radius 3 is 1.86 bits per heavy atom. The second-order valence-corrected chi connectivity index (χ2v) is 9.28. The summed E-state index contributed by atoms with van der Waals surface area (Å²) in [6.45, 7) is 11.7. The van der Waals surface area contributed by atoms with Gasteiger partial charge in [0.15, 0.2) is 0 Å². The molecule has 1 fully saturated rings. The van der Waals surface area contributed by atoms with Crippen LogP contribution in [0.5, 0.6) is 0 Å². The number of nitrogens with zero attached hydrogens (tertiary/aromatic N) is 2. The largest absolute Gasteiger partial charge is 0.330 e. The van der Waals surface area contributed by atoms with E-state index >= 15 is 0 Å². The van der Waals surface area contributed by atoms with Crippen molar-refractivity contribution in [3.05, 3.63) is 0 Å². The molecule has 0 saturated carbocycles. The van der Waals surface area contributed by atoms with Crippen molar-refractivity contribution in [2.75, 3.05) is 32.7 Å². The molecule has 0 bridgehead atoms. The Hall–Kier alpha value is -0.170. The average Bonchev–Trinajstić information content (AvgIpc) is 2.46. The number of hydrogen-bond acceptors (Lipinski definition) is 3. The summed E-state index contributed by atoms with van der Waals surface area (Å²) in [5, 5.41) is 0. The molecule has 132 valence electrons. The molecule has 0 aromatic rings. The van der Waals surface area contributed by atoms with Gasteiger partial charge in [0.25, 0.3) is 10.2 Å². The van der Waals surface area contributed by atoms with Gasteiger partial charge in [0.1, 0.15) is 0 Å². The van der Waals surface area contributed by atoms with Gasteiger partial charge in [-0.3, -0.25) is 0 Å². The van der Waals surface area contributed by atoms with Gasteiger partial charge in [0, 0.05) is 26.2 Å². The zero-order chi connectivity index (χ0) is 16.8. The zero-order valence-corrected chi connectivity index (χ0v) is 15.6. The third kappa shape index (κ3) is 6.14. The van der Waals surface area contributed by atoms with Crippen LogP contribution in [0.4, 0.5) is 0 Å². The van der Waals surface area contributed by atoms with Crippen LogP contribution in [0.15, 0.2) is 0 Å². The van der Waals surface area contributed by atoms with Gasteiger partial charge in [-0.1, -0.05) is 27.7 Å². The molecule has 0 radical (unpaired) electrons. The summed E-state index contributed by atoms with van der Waals surface area (Å²) in [6.07, 6.45) is 3.60. The predicted molar refractivity (Wildman–Crippen MR) is 92.8 cm³/mol. The van der Waals surface area contributed by atoms with E-state index in [1.807, 2.05) is 0 Å². The summed E-state index contributed by atoms with van der Waals surface area (Å²) in [7, 11) is -3.32. The monoisotopic (exact) mass is 333 g/mol. The van der Waals surface area contributed by atoms with E-state index in [-0.39, 0.29) is 0 Å². The number of piperidine rings is 1. The third-order valence-electron chi connectivity index (χ3n) is 4.47. The summed E-state index contributed by atoms with van der Waals surface area (Å²) in [6, 6.07) is 0. The van der Waals surface area contributed by atoms with Gasteiger partial charge in [-0.15, -0.1) is 0 Å². The molecule has 0 amide bonds. The van der Waals surface area contributed by atoms with Crippen molar-refractivity contribution >= 4 is 10.2 Å². The van der Waals surface area contributed by atoms with Crippen LogP contribution in [0.25, 0.3) is 0 Å². The molecule has 0 unspecified atom stereocenters. The Labute approximate surface area is 137 Å². The maximum atomic E-state index is 12.9. The lowest BCUT2D eigenvalue weighted by Crippen LogP contribution is -2.48. The molecule has 0 aromatic carbocycles. The highest BCUT2D eigenvalue weighted by Crippen LogP contribution is 2.22. The van der Waals surface area contributed by atoms with Crippen molar-refractivity contribution in [3.63, 3.8) is 0 Å². The van der Waals surface area contributed by atoms with Crippen LogP contribution in [0.1, 0.15) is 53.4 Å². The minimum Gasteiger partial charge on any atom is -0.330 e. The van der Waals surface area contributed by atoms with Gasteiger partial charge in [-0.25, -0.2) is 0 Å². The Balaban J connectivity index is 2.72. The molecule has 6 heteroatoms. The molecular weight excluding hydrogens is 298 g/mol. The Kier molecular flexibility index (Phi) is 8.32. The first-order valence-electron chi connectivity index (χ1n) is 8.72. The summed E-state index contributed by atoms with van der Waals surface area (Å²) < 4.78 is 29.2. The van der Waals surface area contributed by atoms with E-state index in [4.69, 9.17) is 5.73 Å². The lowest BCUT2D eigenvalue weighted by Gasteiger charge is -2.35. The smallest absolute Gasteiger partial charge is 0.281 e. The standard InChI is InChI=1S/C16H35N3O2S/c1-14(2)5-9-18(10-6-15(3)4)22(20,21)19-11-7-16(13-17)8-12-19/h14-16H,5-13,17H2,1-4H3. The maximum absolute atomic E-state index is 12.9. The SMILES string of the molecule is CC(C)CCN(CCC(C)C)S(=O)(=O)N1CCC(CN)CC1. The van der Waals surface area contributed by atoms with E-state index in [1.54, 1.807) is 8.61 Å². The fourth-order valence-corrected chi connectivity index (χ4v) is 4.36. The van der Waals surface area contributed by atoms with E-state index in [0.29, 0.717) is 50.5 Å². The topological polar surface area (TPSA) is 66.6 Å². The lowest BCUT2D eigenvalue weighted by molar-refractivity contribution is 0.251. The fourth-order valence-electron chi connectivity index (χ4n) is 2.69. The second-order valence-electron chi connectivity index (χ2n) is 7.35. The van der Waals surface area contributed by atoms with Crippen LogP contribution >= 0.6 is 0 Å². The Morgan fingerprint density at radius 2 is 1.50 bits per heavy atom. The van der Waals surface area contributed by atoms with E-state index in [1.165, 1.54) is 0 Å². The molecule has 1 rings (SSSR count). The highest BCUT2D eigenvalue weighted by Gasteiger charge is 2.32. The summed E-state index contributed by atoms with van der Waals surface area (Å²) in [4.78, 5) is 0. The average molecular weight is 334 g/mol. The minimum absolute atomic E-state index is 0.478. The molecule has 1 saturated heterocycles. The van der Waals surface area contributed by atoms with Crippen LogP contribution in [0.3, 0.4) is 0 Å².